The predicted octanol–water partition coefficient (Wildman–Crippen LogP) is 13.3. The van der Waals surface area contributed by atoms with E-state index in [1.807, 2.05) is 0 Å². The normalized spacial score (nSPS) is 11.4. The Kier molecular flexibility index (Phi) is 20.7. The highest BCUT2D eigenvalue weighted by Crippen LogP contribution is 2.38. The van der Waals surface area contributed by atoms with Gasteiger partial charge in [-0.1, -0.05) is 155 Å². The highest BCUT2D eigenvalue weighted by molar-refractivity contribution is 7.99. The molecule has 0 bridgehead atoms. The minimum atomic E-state index is 0.504. The van der Waals surface area contributed by atoms with E-state index in [1.165, 1.54) is 125 Å². The van der Waals surface area contributed by atoms with Crippen LogP contribution in [0.5, 0.6) is 11.5 Å². The second kappa shape index (κ2) is 23.7. The topological polar surface area (TPSA) is 40.5 Å². The summed E-state index contributed by atoms with van der Waals surface area (Å²) in [4.78, 5) is 2.41. The summed E-state index contributed by atoms with van der Waals surface area (Å²) in [5.41, 5.74) is 4.29. The monoisotopic (exact) mass is 610 g/mol. The predicted molar refractivity (Wildman–Crippen MR) is 190 cm³/mol. The number of benzene rings is 2. The highest BCUT2D eigenvalue weighted by Gasteiger charge is 2.13. The maximum atomic E-state index is 11.0. The van der Waals surface area contributed by atoms with Crippen LogP contribution in [0.4, 0.5) is 0 Å². The van der Waals surface area contributed by atoms with Crippen LogP contribution in [-0.4, -0.2) is 10.2 Å². The molecule has 244 valence electrons. The molecule has 0 atom stereocenters. The Morgan fingerprint density at radius 2 is 0.674 bits per heavy atom. The summed E-state index contributed by atoms with van der Waals surface area (Å²) in [7, 11) is 0. The number of phenols is 2. The van der Waals surface area contributed by atoms with Crippen molar-refractivity contribution in [2.75, 3.05) is 0 Å². The molecule has 0 spiro atoms. The standard InChI is InChI=1S/C40H66O2S/c1-5-9-11-13-15-17-19-21-23-25-27-35-31-37(29-33(7-3)39(35)41)43-38-30-34(8-4)40(42)36(32-38)28-26-24-22-20-18-16-14-12-10-6-2/h29-32,41-42H,5-28H2,1-4H3. The summed E-state index contributed by atoms with van der Waals surface area (Å²) >= 11 is 1.79. The first-order valence-electron chi connectivity index (χ1n) is 18.4. The molecule has 0 amide bonds. The molecule has 0 heterocycles. The maximum absolute atomic E-state index is 11.0. The van der Waals surface area contributed by atoms with E-state index in [9.17, 15) is 10.2 Å². The second-order valence-electron chi connectivity index (χ2n) is 12.9. The summed E-state index contributed by atoms with van der Waals surface area (Å²) in [6, 6.07) is 8.77. The average Bonchev–Trinajstić information content (AvgIpc) is 3.01. The van der Waals surface area contributed by atoms with Crippen molar-refractivity contribution < 1.29 is 10.2 Å². The largest absolute Gasteiger partial charge is 0.507 e. The molecule has 0 aliphatic heterocycles. The van der Waals surface area contributed by atoms with Gasteiger partial charge in [0.2, 0.25) is 0 Å². The van der Waals surface area contributed by atoms with Crippen molar-refractivity contribution in [3.05, 3.63) is 46.5 Å². The zero-order valence-corrected chi connectivity index (χ0v) is 29.4. The Bertz CT molecular complexity index is 919. The number of phenolic OH excluding ortho intramolecular Hbond substituents is 2. The van der Waals surface area contributed by atoms with Crippen molar-refractivity contribution in [1.29, 1.82) is 0 Å². The SMILES string of the molecule is CCCCCCCCCCCCc1cc(Sc2cc(CC)c(O)c(CCCCCCCCCCCC)c2)cc(CC)c1O. The van der Waals surface area contributed by atoms with Crippen LogP contribution >= 0.6 is 11.8 Å². The van der Waals surface area contributed by atoms with Gasteiger partial charge in [-0.3, -0.25) is 0 Å². The van der Waals surface area contributed by atoms with Crippen LogP contribution in [0.3, 0.4) is 0 Å². The number of rotatable bonds is 26. The Labute approximate surface area is 270 Å². The van der Waals surface area contributed by atoms with Gasteiger partial charge in [-0.15, -0.1) is 0 Å². The van der Waals surface area contributed by atoms with Gasteiger partial charge < -0.3 is 10.2 Å². The number of hydrogen-bond acceptors (Lipinski definition) is 3. The molecular formula is C40H66O2S. The lowest BCUT2D eigenvalue weighted by atomic mass is 10.00. The Morgan fingerprint density at radius 1 is 0.395 bits per heavy atom. The van der Waals surface area contributed by atoms with E-state index in [0.717, 1.165) is 60.8 Å². The van der Waals surface area contributed by atoms with E-state index in [2.05, 4.69) is 52.0 Å². The van der Waals surface area contributed by atoms with E-state index >= 15 is 0 Å². The van der Waals surface area contributed by atoms with E-state index in [1.54, 1.807) is 11.8 Å². The lowest BCUT2D eigenvalue weighted by Gasteiger charge is -2.15. The molecule has 0 unspecified atom stereocenters. The minimum Gasteiger partial charge on any atom is -0.507 e. The number of unbranched alkanes of at least 4 members (excludes halogenated alkanes) is 18. The molecule has 3 heteroatoms. The van der Waals surface area contributed by atoms with Gasteiger partial charge in [0.05, 0.1) is 0 Å². The van der Waals surface area contributed by atoms with Gasteiger partial charge in [0.25, 0.3) is 0 Å². The third-order valence-electron chi connectivity index (χ3n) is 9.08. The van der Waals surface area contributed by atoms with E-state index in [-0.39, 0.29) is 0 Å². The molecule has 2 rings (SSSR count). The fraction of sp³-hybridized carbons (Fsp3) is 0.700. The summed E-state index contributed by atoms with van der Waals surface area (Å²) < 4.78 is 0. The molecule has 0 saturated heterocycles. The summed E-state index contributed by atoms with van der Waals surface area (Å²) in [5.74, 6) is 1.01. The number of aryl methyl sites for hydroxylation is 4. The Balaban J connectivity index is 1.90. The first kappa shape index (κ1) is 37.6. The van der Waals surface area contributed by atoms with Crippen LogP contribution in [0.1, 0.15) is 178 Å². The second-order valence-corrected chi connectivity index (χ2v) is 14.0. The fourth-order valence-electron chi connectivity index (χ4n) is 6.24. The van der Waals surface area contributed by atoms with Crippen LogP contribution in [-0.2, 0) is 25.7 Å². The molecule has 0 aromatic heterocycles. The molecule has 0 saturated carbocycles. The quantitative estimate of drug-likeness (QED) is 0.104. The Morgan fingerprint density at radius 3 is 0.977 bits per heavy atom. The summed E-state index contributed by atoms with van der Waals surface area (Å²) in [6.45, 7) is 8.82. The molecule has 2 N–H and O–H groups in total. The van der Waals surface area contributed by atoms with Gasteiger partial charge in [0.15, 0.2) is 0 Å². The van der Waals surface area contributed by atoms with E-state index < -0.39 is 0 Å². The van der Waals surface area contributed by atoms with Gasteiger partial charge in [-0.05, 0) is 85.0 Å². The maximum Gasteiger partial charge on any atom is 0.122 e. The van der Waals surface area contributed by atoms with Crippen molar-refractivity contribution in [3.8, 4) is 11.5 Å². The molecule has 0 aliphatic carbocycles. The van der Waals surface area contributed by atoms with Crippen molar-refractivity contribution in [2.24, 2.45) is 0 Å². The van der Waals surface area contributed by atoms with Crippen LogP contribution in [0.15, 0.2) is 34.1 Å². The molecule has 0 radical (unpaired) electrons. The molecule has 2 aromatic rings. The zero-order chi connectivity index (χ0) is 31.1. The van der Waals surface area contributed by atoms with Crippen molar-refractivity contribution >= 4 is 11.8 Å². The number of aromatic hydroxyl groups is 2. The lowest BCUT2D eigenvalue weighted by molar-refractivity contribution is 0.458. The zero-order valence-electron chi connectivity index (χ0n) is 28.6. The van der Waals surface area contributed by atoms with E-state index in [0.29, 0.717) is 11.5 Å². The van der Waals surface area contributed by atoms with Crippen LogP contribution in [0.2, 0.25) is 0 Å². The first-order chi connectivity index (χ1) is 21.0. The van der Waals surface area contributed by atoms with Gasteiger partial charge in [-0.2, -0.15) is 0 Å². The van der Waals surface area contributed by atoms with Crippen molar-refractivity contribution in [1.82, 2.24) is 0 Å². The van der Waals surface area contributed by atoms with Crippen molar-refractivity contribution in [2.45, 2.75) is 192 Å². The first-order valence-corrected chi connectivity index (χ1v) is 19.2. The van der Waals surface area contributed by atoms with Gasteiger partial charge >= 0.3 is 0 Å². The van der Waals surface area contributed by atoms with E-state index in [4.69, 9.17) is 0 Å². The molecule has 2 nitrogen and oxygen atoms in total. The van der Waals surface area contributed by atoms with Gasteiger partial charge in [0.1, 0.15) is 11.5 Å². The Hall–Kier alpha value is -1.61. The van der Waals surface area contributed by atoms with Crippen LogP contribution in [0.25, 0.3) is 0 Å². The highest BCUT2D eigenvalue weighted by atomic mass is 32.2. The van der Waals surface area contributed by atoms with Gasteiger partial charge in [0, 0.05) is 9.79 Å². The summed E-state index contributed by atoms with van der Waals surface area (Å²) in [6.07, 6.45) is 30.1. The molecule has 2 aromatic carbocycles. The number of hydrogen-bond donors (Lipinski definition) is 2. The molecule has 43 heavy (non-hydrogen) atoms. The fourth-order valence-corrected chi connectivity index (χ4v) is 7.31. The summed E-state index contributed by atoms with van der Waals surface area (Å²) in [5, 5.41) is 21.9. The van der Waals surface area contributed by atoms with Crippen LogP contribution < -0.4 is 0 Å². The minimum absolute atomic E-state index is 0.504. The van der Waals surface area contributed by atoms with Gasteiger partial charge in [-0.25, -0.2) is 0 Å². The molecular weight excluding hydrogens is 545 g/mol. The average molecular weight is 611 g/mol. The lowest BCUT2D eigenvalue weighted by Crippen LogP contribution is -1.95. The molecule has 0 aliphatic rings. The third kappa shape index (κ3) is 15.3. The third-order valence-corrected chi connectivity index (χ3v) is 10.0. The smallest absolute Gasteiger partial charge is 0.122 e. The van der Waals surface area contributed by atoms with Crippen LogP contribution in [0, 0.1) is 0 Å². The van der Waals surface area contributed by atoms with Crippen molar-refractivity contribution in [3.63, 3.8) is 0 Å². The molecule has 0 fully saturated rings.